The van der Waals surface area contributed by atoms with Crippen LogP contribution in [0, 0.1) is 0 Å². The molecule has 0 unspecified atom stereocenters. The molecule has 2 amide bonds. The molecule has 0 aromatic heterocycles. The van der Waals surface area contributed by atoms with Crippen LogP contribution in [0.1, 0.15) is 6.92 Å². The molecule has 1 saturated heterocycles. The van der Waals surface area contributed by atoms with Crippen LogP contribution in [-0.4, -0.2) is 64.0 Å². The van der Waals surface area contributed by atoms with E-state index in [0.29, 0.717) is 31.1 Å². The third-order valence-electron chi connectivity index (χ3n) is 4.69. The molecule has 0 bridgehead atoms. The smallest absolute Gasteiger partial charge is 0.242 e. The van der Waals surface area contributed by atoms with Crippen molar-refractivity contribution in [3.8, 4) is 0 Å². The highest BCUT2D eigenvalue weighted by Crippen LogP contribution is 2.15. The number of rotatable bonds is 8. The summed E-state index contributed by atoms with van der Waals surface area (Å²) in [5.41, 5.74) is 1.09. The molecule has 10 heteroatoms. The highest BCUT2D eigenvalue weighted by molar-refractivity contribution is 7.89. The molecule has 0 radical (unpaired) electrons. The highest BCUT2D eigenvalue weighted by atomic mass is 32.2. The third kappa shape index (κ3) is 6.86. The van der Waals surface area contributed by atoms with Crippen molar-refractivity contribution in [1.29, 1.82) is 0 Å². The monoisotopic (exact) mass is 446 g/mol. The molecule has 2 aromatic rings. The fourth-order valence-electron chi connectivity index (χ4n) is 3.00. The van der Waals surface area contributed by atoms with Gasteiger partial charge in [0.05, 0.1) is 30.7 Å². The van der Waals surface area contributed by atoms with Gasteiger partial charge in [-0.3, -0.25) is 14.5 Å². The third-order valence-corrected chi connectivity index (χ3v) is 6.24. The van der Waals surface area contributed by atoms with E-state index in [1.54, 1.807) is 42.5 Å². The van der Waals surface area contributed by atoms with Gasteiger partial charge >= 0.3 is 0 Å². The number of nitrogens with one attached hydrogen (secondary N) is 3. The van der Waals surface area contributed by atoms with Gasteiger partial charge in [0.2, 0.25) is 21.8 Å². The minimum atomic E-state index is -3.80. The maximum Gasteiger partial charge on any atom is 0.242 e. The Morgan fingerprint density at radius 3 is 2.16 bits per heavy atom. The Bertz CT molecular complexity index is 990. The number of carbonyl (C=O) groups is 2. The first-order valence-electron chi connectivity index (χ1n) is 9.92. The Morgan fingerprint density at radius 2 is 1.55 bits per heavy atom. The number of morpholine rings is 1. The Balaban J connectivity index is 1.50. The summed E-state index contributed by atoms with van der Waals surface area (Å²) in [4.78, 5) is 26.6. The van der Waals surface area contributed by atoms with Crippen molar-refractivity contribution in [3.05, 3.63) is 54.6 Å². The first-order valence-corrected chi connectivity index (χ1v) is 11.4. The van der Waals surface area contributed by atoms with Gasteiger partial charge in [0.1, 0.15) is 0 Å². The van der Waals surface area contributed by atoms with E-state index in [2.05, 4.69) is 15.4 Å². The molecule has 9 nitrogen and oxygen atoms in total. The van der Waals surface area contributed by atoms with E-state index < -0.39 is 22.0 Å². The fraction of sp³-hybridized carbons (Fsp3) is 0.333. The largest absolute Gasteiger partial charge is 0.379 e. The Hall–Kier alpha value is -2.79. The molecular weight excluding hydrogens is 420 g/mol. The molecule has 0 aliphatic carbocycles. The summed E-state index contributed by atoms with van der Waals surface area (Å²) < 4.78 is 32.3. The number of anilines is 2. The molecule has 1 heterocycles. The van der Waals surface area contributed by atoms with Gasteiger partial charge in [-0.1, -0.05) is 18.2 Å². The number of ether oxygens (including phenoxy) is 1. The lowest BCUT2D eigenvalue weighted by Gasteiger charge is -2.25. The minimum absolute atomic E-state index is 0.0897. The first kappa shape index (κ1) is 22.9. The van der Waals surface area contributed by atoms with Crippen LogP contribution in [0.4, 0.5) is 11.4 Å². The van der Waals surface area contributed by atoms with Gasteiger partial charge in [0, 0.05) is 24.5 Å². The van der Waals surface area contributed by atoms with Gasteiger partial charge < -0.3 is 15.4 Å². The molecule has 0 spiro atoms. The Labute approximate surface area is 181 Å². The number of amides is 2. The number of sulfonamides is 1. The van der Waals surface area contributed by atoms with Gasteiger partial charge in [-0.2, -0.15) is 4.72 Å². The number of hydrogen-bond donors (Lipinski definition) is 3. The first-order chi connectivity index (χ1) is 14.8. The summed E-state index contributed by atoms with van der Waals surface area (Å²) in [6, 6.07) is 13.5. The molecule has 1 aliphatic rings. The molecule has 166 valence electrons. The van der Waals surface area contributed by atoms with Crippen molar-refractivity contribution in [2.45, 2.75) is 17.9 Å². The molecule has 0 saturated carbocycles. The van der Waals surface area contributed by atoms with Gasteiger partial charge in [-0.25, -0.2) is 8.42 Å². The van der Waals surface area contributed by atoms with E-state index in [-0.39, 0.29) is 10.8 Å². The van der Waals surface area contributed by atoms with E-state index in [1.165, 1.54) is 19.1 Å². The summed E-state index contributed by atoms with van der Waals surface area (Å²) in [6.07, 6.45) is 0. The van der Waals surface area contributed by atoms with E-state index in [1.807, 2.05) is 4.90 Å². The summed E-state index contributed by atoms with van der Waals surface area (Å²) >= 11 is 0. The van der Waals surface area contributed by atoms with Crippen LogP contribution in [0.3, 0.4) is 0 Å². The lowest BCUT2D eigenvalue weighted by Crippen LogP contribution is -2.41. The van der Waals surface area contributed by atoms with Crippen LogP contribution in [0.5, 0.6) is 0 Å². The lowest BCUT2D eigenvalue weighted by molar-refractivity contribution is -0.118. The van der Waals surface area contributed by atoms with Gasteiger partial charge in [0.15, 0.2) is 0 Å². The SMILES string of the molecule is C[C@H](NS(=O)(=O)c1ccccc1)C(=O)Nc1ccc(NC(=O)CN2CCOCC2)cc1. The molecule has 2 aromatic carbocycles. The predicted octanol–water partition coefficient (Wildman–Crippen LogP) is 1.26. The summed E-state index contributed by atoms with van der Waals surface area (Å²) in [6.45, 7) is 4.47. The average molecular weight is 447 g/mol. The van der Waals surface area contributed by atoms with Crippen molar-refractivity contribution < 1.29 is 22.7 Å². The average Bonchev–Trinajstić information content (AvgIpc) is 2.76. The van der Waals surface area contributed by atoms with Crippen molar-refractivity contribution in [2.75, 3.05) is 43.5 Å². The van der Waals surface area contributed by atoms with Gasteiger partial charge in [-0.05, 0) is 43.3 Å². The van der Waals surface area contributed by atoms with E-state index in [0.717, 1.165) is 13.1 Å². The van der Waals surface area contributed by atoms with Crippen LogP contribution < -0.4 is 15.4 Å². The van der Waals surface area contributed by atoms with Crippen molar-refractivity contribution in [2.24, 2.45) is 0 Å². The molecule has 1 fully saturated rings. The van der Waals surface area contributed by atoms with Crippen LogP contribution in [-0.2, 0) is 24.3 Å². The second-order valence-electron chi connectivity index (χ2n) is 7.16. The van der Waals surface area contributed by atoms with Crippen molar-refractivity contribution >= 4 is 33.2 Å². The Morgan fingerprint density at radius 1 is 0.968 bits per heavy atom. The van der Waals surface area contributed by atoms with Gasteiger partial charge in [0.25, 0.3) is 0 Å². The second kappa shape index (κ2) is 10.5. The van der Waals surface area contributed by atoms with E-state index >= 15 is 0 Å². The zero-order valence-corrected chi connectivity index (χ0v) is 18.0. The number of nitrogens with zero attached hydrogens (tertiary/aromatic N) is 1. The van der Waals surface area contributed by atoms with E-state index in [9.17, 15) is 18.0 Å². The molecule has 1 aliphatic heterocycles. The molecular formula is C21H26N4O5S. The topological polar surface area (TPSA) is 117 Å². The van der Waals surface area contributed by atoms with Crippen LogP contribution in [0.15, 0.2) is 59.5 Å². The van der Waals surface area contributed by atoms with Crippen LogP contribution in [0.25, 0.3) is 0 Å². The fourth-order valence-corrected chi connectivity index (χ4v) is 4.23. The van der Waals surface area contributed by atoms with Gasteiger partial charge in [-0.15, -0.1) is 0 Å². The second-order valence-corrected chi connectivity index (χ2v) is 8.87. The zero-order chi connectivity index (χ0) is 22.3. The molecule has 3 rings (SSSR count). The minimum Gasteiger partial charge on any atom is -0.379 e. The normalized spacial score (nSPS) is 15.8. The summed E-state index contributed by atoms with van der Waals surface area (Å²) in [5, 5.41) is 5.48. The highest BCUT2D eigenvalue weighted by Gasteiger charge is 2.22. The number of hydrogen-bond acceptors (Lipinski definition) is 6. The molecule has 31 heavy (non-hydrogen) atoms. The maximum absolute atomic E-state index is 12.4. The van der Waals surface area contributed by atoms with Crippen molar-refractivity contribution in [1.82, 2.24) is 9.62 Å². The summed E-state index contributed by atoms with van der Waals surface area (Å²) in [7, 11) is -3.80. The standard InChI is InChI=1S/C21H26N4O5S/c1-16(24-31(28,29)19-5-3-2-4-6-19)21(27)23-18-9-7-17(8-10-18)22-20(26)15-25-11-13-30-14-12-25/h2-10,16,24H,11-15H2,1H3,(H,22,26)(H,23,27)/t16-/m0/s1. The predicted molar refractivity (Wildman–Crippen MR) is 117 cm³/mol. The molecule has 3 N–H and O–H groups in total. The Kier molecular flexibility index (Phi) is 7.75. The zero-order valence-electron chi connectivity index (χ0n) is 17.2. The van der Waals surface area contributed by atoms with E-state index in [4.69, 9.17) is 4.74 Å². The number of benzene rings is 2. The van der Waals surface area contributed by atoms with Crippen LogP contribution in [0.2, 0.25) is 0 Å². The number of carbonyl (C=O) groups excluding carboxylic acids is 2. The quantitative estimate of drug-likeness (QED) is 0.562. The maximum atomic E-state index is 12.4. The molecule has 1 atom stereocenters. The summed E-state index contributed by atoms with van der Waals surface area (Å²) in [5.74, 6) is -0.619. The lowest BCUT2D eigenvalue weighted by atomic mass is 10.2. The van der Waals surface area contributed by atoms with Crippen LogP contribution >= 0.6 is 0 Å². The van der Waals surface area contributed by atoms with Crippen molar-refractivity contribution in [3.63, 3.8) is 0 Å².